The molecule has 1 fully saturated rings. The van der Waals surface area contributed by atoms with Crippen LogP contribution in [0.1, 0.15) is 50.3 Å². The summed E-state index contributed by atoms with van der Waals surface area (Å²) in [7, 11) is 0. The van der Waals surface area contributed by atoms with Crippen LogP contribution < -0.4 is 5.32 Å². The number of nitrogens with one attached hydrogen (secondary N) is 1. The van der Waals surface area contributed by atoms with Gasteiger partial charge in [0.05, 0.1) is 5.56 Å². The second-order valence-electron chi connectivity index (χ2n) is 5.50. The van der Waals surface area contributed by atoms with Crippen molar-refractivity contribution in [2.75, 3.05) is 5.75 Å². The molecule has 0 heterocycles. The lowest BCUT2D eigenvalue weighted by Crippen LogP contribution is -2.36. The smallest absolute Gasteiger partial charge is 0.306 e. The molecule has 0 spiro atoms. The van der Waals surface area contributed by atoms with Gasteiger partial charge in [-0.25, -0.2) is 0 Å². The van der Waals surface area contributed by atoms with E-state index in [9.17, 15) is 13.2 Å². The van der Waals surface area contributed by atoms with Crippen LogP contribution in [0, 0.1) is 0 Å². The Morgan fingerprint density at radius 3 is 2.67 bits per heavy atom. The molecule has 21 heavy (non-hydrogen) atoms. The van der Waals surface area contributed by atoms with Gasteiger partial charge in [-0.3, -0.25) is 0 Å². The Bertz CT molecular complexity index is 461. The number of hydrogen-bond acceptors (Lipinski definition) is 2. The van der Waals surface area contributed by atoms with Gasteiger partial charge in [0.2, 0.25) is 0 Å². The van der Waals surface area contributed by atoms with E-state index in [1.165, 1.54) is 12.1 Å². The Hall–Kier alpha value is -0.680. The second kappa shape index (κ2) is 7.05. The van der Waals surface area contributed by atoms with Crippen LogP contribution in [-0.2, 0) is 6.18 Å². The molecule has 2 rings (SSSR count). The fourth-order valence-corrected chi connectivity index (χ4v) is 4.28. The van der Waals surface area contributed by atoms with Gasteiger partial charge in [0.15, 0.2) is 0 Å². The van der Waals surface area contributed by atoms with Crippen molar-refractivity contribution < 1.29 is 13.2 Å². The predicted octanol–water partition coefficient (Wildman–Crippen LogP) is 5.03. The molecule has 0 aliphatic heterocycles. The SMILES string of the molecule is CCSC1CCCC1NC(C)c1ccccc1C(F)(F)F. The molecule has 1 aromatic rings. The first-order chi connectivity index (χ1) is 9.93. The summed E-state index contributed by atoms with van der Waals surface area (Å²) >= 11 is 1.91. The lowest BCUT2D eigenvalue weighted by atomic mass is 10.00. The first kappa shape index (κ1) is 16.7. The van der Waals surface area contributed by atoms with Crippen LogP contribution in [0.25, 0.3) is 0 Å². The molecule has 1 N–H and O–H groups in total. The molecule has 0 saturated heterocycles. The summed E-state index contributed by atoms with van der Waals surface area (Å²) in [5, 5.41) is 3.95. The summed E-state index contributed by atoms with van der Waals surface area (Å²) in [4.78, 5) is 0. The molecule has 1 aliphatic carbocycles. The number of rotatable bonds is 5. The summed E-state index contributed by atoms with van der Waals surface area (Å²) in [6, 6.07) is 5.90. The van der Waals surface area contributed by atoms with Crippen molar-refractivity contribution in [3.63, 3.8) is 0 Å². The van der Waals surface area contributed by atoms with E-state index in [-0.39, 0.29) is 6.04 Å². The van der Waals surface area contributed by atoms with Crippen LogP contribution in [0.5, 0.6) is 0 Å². The average Bonchev–Trinajstić information content (AvgIpc) is 2.85. The molecule has 3 unspecified atom stereocenters. The molecule has 0 bridgehead atoms. The predicted molar refractivity (Wildman–Crippen MR) is 82.6 cm³/mol. The molecular formula is C16H22F3NS. The quantitative estimate of drug-likeness (QED) is 0.817. The van der Waals surface area contributed by atoms with Crippen molar-refractivity contribution in [2.24, 2.45) is 0 Å². The van der Waals surface area contributed by atoms with E-state index in [2.05, 4.69) is 12.2 Å². The van der Waals surface area contributed by atoms with Crippen LogP contribution >= 0.6 is 11.8 Å². The molecule has 1 saturated carbocycles. The zero-order valence-corrected chi connectivity index (χ0v) is 13.2. The van der Waals surface area contributed by atoms with Gasteiger partial charge in [0.25, 0.3) is 0 Å². The fourth-order valence-electron chi connectivity index (χ4n) is 3.07. The highest BCUT2D eigenvalue weighted by molar-refractivity contribution is 7.99. The minimum absolute atomic E-state index is 0.286. The van der Waals surface area contributed by atoms with E-state index in [1.807, 2.05) is 18.7 Å². The van der Waals surface area contributed by atoms with Gasteiger partial charge in [0.1, 0.15) is 0 Å². The average molecular weight is 317 g/mol. The van der Waals surface area contributed by atoms with Gasteiger partial charge in [-0.05, 0) is 37.1 Å². The van der Waals surface area contributed by atoms with Gasteiger partial charge in [-0.2, -0.15) is 24.9 Å². The Labute approximate surface area is 128 Å². The van der Waals surface area contributed by atoms with Gasteiger partial charge in [-0.1, -0.05) is 31.5 Å². The largest absolute Gasteiger partial charge is 0.416 e. The number of benzene rings is 1. The van der Waals surface area contributed by atoms with Crippen LogP contribution in [0.2, 0.25) is 0 Å². The third-order valence-corrected chi connectivity index (χ3v) is 5.36. The minimum Gasteiger partial charge on any atom is -0.306 e. The lowest BCUT2D eigenvalue weighted by molar-refractivity contribution is -0.138. The summed E-state index contributed by atoms with van der Waals surface area (Å²) in [6.45, 7) is 3.96. The first-order valence-electron chi connectivity index (χ1n) is 7.47. The van der Waals surface area contributed by atoms with Crippen LogP contribution in [-0.4, -0.2) is 17.0 Å². The second-order valence-corrected chi connectivity index (χ2v) is 7.02. The third kappa shape index (κ3) is 4.16. The topological polar surface area (TPSA) is 12.0 Å². The highest BCUT2D eigenvalue weighted by Crippen LogP contribution is 2.36. The zero-order chi connectivity index (χ0) is 15.5. The normalized spacial score (nSPS) is 24.2. The Balaban J connectivity index is 2.12. The standard InChI is InChI=1S/C16H22F3NS/c1-3-21-15-10-6-9-14(15)20-11(2)12-7-4-5-8-13(12)16(17,18)19/h4-5,7-8,11,14-15,20H,3,6,9-10H2,1-2H3. The van der Waals surface area contributed by atoms with Crippen molar-refractivity contribution >= 4 is 11.8 Å². The molecule has 1 aromatic carbocycles. The van der Waals surface area contributed by atoms with Crippen molar-refractivity contribution in [2.45, 2.75) is 56.6 Å². The van der Waals surface area contributed by atoms with Crippen molar-refractivity contribution in [1.82, 2.24) is 5.32 Å². The molecule has 118 valence electrons. The van der Waals surface area contributed by atoms with Gasteiger partial charge in [-0.15, -0.1) is 0 Å². The number of thioether (sulfide) groups is 1. The maximum absolute atomic E-state index is 13.1. The molecular weight excluding hydrogens is 295 g/mol. The van der Waals surface area contributed by atoms with Crippen molar-refractivity contribution in [3.05, 3.63) is 35.4 Å². The molecule has 3 atom stereocenters. The summed E-state index contributed by atoms with van der Waals surface area (Å²) in [5.41, 5.74) is -0.181. The van der Waals surface area contributed by atoms with Gasteiger partial charge >= 0.3 is 6.18 Å². The van der Waals surface area contributed by atoms with Crippen molar-refractivity contribution in [1.29, 1.82) is 0 Å². The van der Waals surface area contributed by atoms with E-state index < -0.39 is 11.7 Å². The molecule has 1 nitrogen and oxygen atoms in total. The third-order valence-electron chi connectivity index (χ3n) is 4.03. The molecule has 1 aliphatic rings. The molecule has 0 radical (unpaired) electrons. The highest BCUT2D eigenvalue weighted by atomic mass is 32.2. The first-order valence-corrected chi connectivity index (χ1v) is 8.52. The van der Waals surface area contributed by atoms with E-state index in [0.717, 1.165) is 25.0 Å². The van der Waals surface area contributed by atoms with E-state index >= 15 is 0 Å². The van der Waals surface area contributed by atoms with Crippen LogP contribution in [0.3, 0.4) is 0 Å². The number of halogens is 3. The van der Waals surface area contributed by atoms with E-state index in [0.29, 0.717) is 16.9 Å². The van der Waals surface area contributed by atoms with Gasteiger partial charge < -0.3 is 5.32 Å². The maximum Gasteiger partial charge on any atom is 0.416 e. The monoisotopic (exact) mass is 317 g/mol. The van der Waals surface area contributed by atoms with Crippen LogP contribution in [0.15, 0.2) is 24.3 Å². The van der Waals surface area contributed by atoms with E-state index in [1.54, 1.807) is 12.1 Å². The Kier molecular flexibility index (Phi) is 5.60. The number of hydrogen-bond donors (Lipinski definition) is 1. The summed E-state index contributed by atoms with van der Waals surface area (Å²) in [6.07, 6.45) is -0.928. The fraction of sp³-hybridized carbons (Fsp3) is 0.625. The zero-order valence-electron chi connectivity index (χ0n) is 12.4. The van der Waals surface area contributed by atoms with Crippen LogP contribution in [0.4, 0.5) is 13.2 Å². The Morgan fingerprint density at radius 1 is 1.29 bits per heavy atom. The minimum atomic E-state index is -4.29. The number of alkyl halides is 3. The molecule has 5 heteroatoms. The van der Waals surface area contributed by atoms with Gasteiger partial charge in [0, 0.05) is 17.3 Å². The summed E-state index contributed by atoms with van der Waals surface area (Å²) in [5.74, 6) is 1.05. The maximum atomic E-state index is 13.1. The lowest BCUT2D eigenvalue weighted by Gasteiger charge is -2.26. The van der Waals surface area contributed by atoms with E-state index in [4.69, 9.17) is 0 Å². The molecule has 0 aromatic heterocycles. The highest BCUT2D eigenvalue weighted by Gasteiger charge is 2.35. The van der Waals surface area contributed by atoms with Crippen molar-refractivity contribution in [3.8, 4) is 0 Å². The Morgan fingerprint density at radius 2 is 2.00 bits per heavy atom. The summed E-state index contributed by atoms with van der Waals surface area (Å²) < 4.78 is 39.3. The molecule has 0 amide bonds.